The van der Waals surface area contributed by atoms with Gasteiger partial charge in [-0.25, -0.2) is 0 Å². The van der Waals surface area contributed by atoms with E-state index in [0.29, 0.717) is 19.6 Å². The number of aryl methyl sites for hydroxylation is 2. The molecule has 0 aliphatic heterocycles. The molecule has 0 saturated carbocycles. The third kappa shape index (κ3) is 6.04. The normalized spacial score (nSPS) is 12.0. The summed E-state index contributed by atoms with van der Waals surface area (Å²) in [5, 5.41) is 0. The van der Waals surface area contributed by atoms with Crippen molar-refractivity contribution >= 4 is 39.2 Å². The van der Waals surface area contributed by atoms with Gasteiger partial charge < -0.3 is 9.30 Å². The lowest BCUT2D eigenvalue weighted by molar-refractivity contribution is -0.118. The molecule has 0 N–H and O–H groups in total. The first-order valence-electron chi connectivity index (χ1n) is 9.87. The predicted molar refractivity (Wildman–Crippen MR) is 124 cm³/mol. The molecule has 6 heteroatoms. The molecule has 0 radical (unpaired) electrons. The summed E-state index contributed by atoms with van der Waals surface area (Å²) in [6.45, 7) is 5.50. The molecule has 0 atom stereocenters. The molecule has 0 unspecified atom stereocenters. The molecule has 1 heterocycles. The smallest absolute Gasteiger partial charge is 0.248 e. The maximum atomic E-state index is 12.5. The highest BCUT2D eigenvalue weighted by atomic mass is 32.2. The number of hydrogen-bond acceptors (Lipinski definition) is 4. The molecule has 154 valence electrons. The molecule has 0 spiro atoms. The van der Waals surface area contributed by atoms with Crippen LogP contribution in [0.5, 0.6) is 0 Å². The van der Waals surface area contributed by atoms with Crippen molar-refractivity contribution < 1.29 is 9.53 Å². The molecular weight excluding hydrogens is 400 g/mol. The summed E-state index contributed by atoms with van der Waals surface area (Å²) in [6.07, 6.45) is 1.33. The topological polar surface area (TPSA) is 43.6 Å². The summed E-state index contributed by atoms with van der Waals surface area (Å²) < 4.78 is 8.58. The van der Waals surface area contributed by atoms with Crippen molar-refractivity contribution in [1.82, 2.24) is 4.57 Å². The molecule has 0 fully saturated rings. The summed E-state index contributed by atoms with van der Waals surface area (Å²) in [5.74, 6) is 1.90. The van der Waals surface area contributed by atoms with E-state index in [0.717, 1.165) is 28.2 Å². The number of rotatable bonds is 9. The molecule has 0 aliphatic rings. The zero-order chi connectivity index (χ0) is 20.6. The van der Waals surface area contributed by atoms with E-state index in [2.05, 4.69) is 59.8 Å². The third-order valence-electron chi connectivity index (χ3n) is 4.64. The second-order valence-electron chi connectivity index (χ2n) is 7.11. The Kier molecular flexibility index (Phi) is 8.09. The van der Waals surface area contributed by atoms with Gasteiger partial charge in [-0.3, -0.25) is 4.79 Å². The Morgan fingerprint density at radius 3 is 2.76 bits per heavy atom. The zero-order valence-electron chi connectivity index (χ0n) is 17.3. The van der Waals surface area contributed by atoms with Crippen molar-refractivity contribution in [3.63, 3.8) is 0 Å². The minimum absolute atomic E-state index is 0.0441. The van der Waals surface area contributed by atoms with Crippen molar-refractivity contribution in [1.29, 1.82) is 0 Å². The number of methoxy groups -OCH3 is 1. The molecule has 3 rings (SSSR count). The van der Waals surface area contributed by atoms with E-state index in [4.69, 9.17) is 4.74 Å². The lowest BCUT2D eigenvalue weighted by Gasteiger charge is -2.06. The van der Waals surface area contributed by atoms with Gasteiger partial charge in [0.25, 0.3) is 0 Å². The average Bonchev–Trinajstić information content (AvgIpc) is 3.04. The Bertz CT molecular complexity index is 1020. The maximum Gasteiger partial charge on any atom is 0.248 e. The average molecular weight is 429 g/mol. The number of thioether (sulfide) groups is 1. The van der Waals surface area contributed by atoms with Crippen LogP contribution in [-0.4, -0.2) is 29.9 Å². The van der Waals surface area contributed by atoms with E-state index in [1.807, 2.05) is 17.8 Å². The van der Waals surface area contributed by atoms with Crippen LogP contribution in [0.2, 0.25) is 0 Å². The standard InChI is InChI=1S/C23H28N2O2S2/c1-17-14-18(2)22-20(15-17)25(11-12-27-3)23(29-22)24-21(26)10-7-13-28-16-19-8-5-4-6-9-19/h4-6,8-9,14-15H,7,10-13,16H2,1-3H3. The van der Waals surface area contributed by atoms with Gasteiger partial charge in [0.15, 0.2) is 4.80 Å². The molecule has 0 saturated heterocycles. The molecule has 3 aromatic rings. The Morgan fingerprint density at radius 2 is 2.00 bits per heavy atom. The minimum Gasteiger partial charge on any atom is -0.383 e. The zero-order valence-corrected chi connectivity index (χ0v) is 18.9. The molecule has 1 aromatic heterocycles. The third-order valence-corrected chi connectivity index (χ3v) is 6.99. The number of ether oxygens (including phenoxy) is 1. The lowest BCUT2D eigenvalue weighted by atomic mass is 10.1. The van der Waals surface area contributed by atoms with Crippen LogP contribution in [0.1, 0.15) is 29.5 Å². The second kappa shape index (κ2) is 10.8. The van der Waals surface area contributed by atoms with Crippen LogP contribution in [0.3, 0.4) is 0 Å². The van der Waals surface area contributed by atoms with Crippen molar-refractivity contribution in [2.75, 3.05) is 19.5 Å². The van der Waals surface area contributed by atoms with Gasteiger partial charge in [0, 0.05) is 25.8 Å². The number of aromatic nitrogens is 1. The monoisotopic (exact) mass is 428 g/mol. The van der Waals surface area contributed by atoms with Gasteiger partial charge in [0.1, 0.15) is 0 Å². The summed E-state index contributed by atoms with van der Waals surface area (Å²) in [6, 6.07) is 14.8. The summed E-state index contributed by atoms with van der Waals surface area (Å²) in [5.41, 5.74) is 4.90. The fourth-order valence-corrected chi connectivity index (χ4v) is 5.29. The fraction of sp³-hybridized carbons (Fsp3) is 0.391. The highest BCUT2D eigenvalue weighted by Gasteiger charge is 2.10. The van der Waals surface area contributed by atoms with Gasteiger partial charge in [-0.1, -0.05) is 47.7 Å². The Hall–Kier alpha value is -1.89. The van der Waals surface area contributed by atoms with E-state index < -0.39 is 0 Å². The van der Waals surface area contributed by atoms with Crippen LogP contribution in [0.25, 0.3) is 10.2 Å². The molecule has 29 heavy (non-hydrogen) atoms. The summed E-state index contributed by atoms with van der Waals surface area (Å²) in [7, 11) is 1.70. The first-order valence-corrected chi connectivity index (χ1v) is 11.8. The Labute approximate surface area is 180 Å². The van der Waals surface area contributed by atoms with Crippen LogP contribution >= 0.6 is 23.1 Å². The van der Waals surface area contributed by atoms with Crippen LogP contribution in [0.15, 0.2) is 47.5 Å². The number of benzene rings is 2. The van der Waals surface area contributed by atoms with E-state index >= 15 is 0 Å². The molecule has 4 nitrogen and oxygen atoms in total. The predicted octanol–water partition coefficient (Wildman–Crippen LogP) is 5.11. The van der Waals surface area contributed by atoms with Crippen LogP contribution in [-0.2, 0) is 21.8 Å². The number of carbonyl (C=O) groups is 1. The highest BCUT2D eigenvalue weighted by Crippen LogP contribution is 2.23. The van der Waals surface area contributed by atoms with Crippen LogP contribution in [0.4, 0.5) is 0 Å². The van der Waals surface area contributed by atoms with Crippen LogP contribution < -0.4 is 4.80 Å². The summed E-state index contributed by atoms with van der Waals surface area (Å²) >= 11 is 3.46. The summed E-state index contributed by atoms with van der Waals surface area (Å²) in [4.78, 5) is 17.7. The number of amides is 1. The van der Waals surface area contributed by atoms with Gasteiger partial charge in [-0.2, -0.15) is 16.8 Å². The Balaban J connectivity index is 1.66. The van der Waals surface area contributed by atoms with E-state index in [-0.39, 0.29) is 5.91 Å². The molecular formula is C23H28N2O2S2. The number of nitrogens with zero attached hydrogens (tertiary/aromatic N) is 2. The van der Waals surface area contributed by atoms with Gasteiger partial charge in [-0.05, 0) is 48.8 Å². The van der Waals surface area contributed by atoms with E-state index in [1.165, 1.54) is 21.4 Å². The molecule has 0 aliphatic carbocycles. The van der Waals surface area contributed by atoms with Crippen molar-refractivity contribution in [2.45, 2.75) is 39.0 Å². The molecule has 2 aromatic carbocycles. The van der Waals surface area contributed by atoms with Crippen LogP contribution in [0, 0.1) is 13.8 Å². The molecule has 1 amide bonds. The second-order valence-corrected chi connectivity index (χ2v) is 9.19. The number of thiazole rings is 1. The van der Waals surface area contributed by atoms with Gasteiger partial charge in [-0.15, -0.1) is 0 Å². The van der Waals surface area contributed by atoms with Crippen molar-refractivity contribution in [2.24, 2.45) is 4.99 Å². The molecule has 0 bridgehead atoms. The largest absolute Gasteiger partial charge is 0.383 e. The van der Waals surface area contributed by atoms with Crippen molar-refractivity contribution in [3.8, 4) is 0 Å². The first-order chi connectivity index (χ1) is 14.1. The van der Waals surface area contributed by atoms with Gasteiger partial charge in [0.2, 0.25) is 5.91 Å². The highest BCUT2D eigenvalue weighted by molar-refractivity contribution is 7.98. The maximum absolute atomic E-state index is 12.5. The Morgan fingerprint density at radius 1 is 1.21 bits per heavy atom. The van der Waals surface area contributed by atoms with Gasteiger partial charge in [0.05, 0.1) is 16.8 Å². The van der Waals surface area contributed by atoms with Crippen molar-refractivity contribution in [3.05, 3.63) is 64.0 Å². The lowest BCUT2D eigenvalue weighted by Crippen LogP contribution is -2.19. The first kappa shape index (κ1) is 21.8. The quantitative estimate of drug-likeness (QED) is 0.445. The fourth-order valence-electron chi connectivity index (χ4n) is 3.25. The van der Waals surface area contributed by atoms with E-state index in [1.54, 1.807) is 18.4 Å². The SMILES string of the molecule is COCCn1c(=NC(=O)CCCSCc2ccccc2)sc2c(C)cc(C)cc21. The number of carbonyl (C=O) groups excluding carboxylic acids is 1. The minimum atomic E-state index is -0.0441. The number of hydrogen-bond donors (Lipinski definition) is 0. The number of fused-ring (bicyclic) bond motifs is 1. The van der Waals surface area contributed by atoms with E-state index in [9.17, 15) is 4.79 Å². The van der Waals surface area contributed by atoms with Gasteiger partial charge >= 0.3 is 0 Å².